The van der Waals surface area contributed by atoms with E-state index < -0.39 is 17.5 Å². The van der Waals surface area contributed by atoms with Crippen LogP contribution in [0.2, 0.25) is 0 Å². The standard InChI is InChI=1S/C12H17F3N6/c1-7(2)11(3,6-16)17-8-4-5-9-18-19-10(12(13,14)15)21(9)20-8/h4-5,7H,6,16H2,1-3H3,(H,17,20). The first-order chi connectivity index (χ1) is 9.67. The number of rotatable bonds is 4. The van der Waals surface area contributed by atoms with E-state index in [4.69, 9.17) is 5.73 Å². The van der Waals surface area contributed by atoms with Crippen molar-refractivity contribution in [2.45, 2.75) is 32.5 Å². The first-order valence-electron chi connectivity index (χ1n) is 6.45. The van der Waals surface area contributed by atoms with Gasteiger partial charge in [-0.25, -0.2) is 0 Å². The minimum Gasteiger partial charge on any atom is -0.362 e. The number of alkyl halides is 3. The molecule has 0 fully saturated rings. The van der Waals surface area contributed by atoms with Crippen LogP contribution >= 0.6 is 0 Å². The minimum absolute atomic E-state index is 0.0341. The van der Waals surface area contributed by atoms with Gasteiger partial charge in [-0.2, -0.15) is 17.7 Å². The Hall–Kier alpha value is -1.90. The largest absolute Gasteiger partial charge is 0.453 e. The molecule has 0 aliphatic rings. The molecular weight excluding hydrogens is 285 g/mol. The van der Waals surface area contributed by atoms with Crippen molar-refractivity contribution in [1.29, 1.82) is 0 Å². The third-order valence-corrected chi connectivity index (χ3v) is 3.63. The van der Waals surface area contributed by atoms with E-state index in [1.165, 1.54) is 6.07 Å². The molecule has 0 aliphatic heterocycles. The van der Waals surface area contributed by atoms with E-state index >= 15 is 0 Å². The lowest BCUT2D eigenvalue weighted by Crippen LogP contribution is -2.47. The van der Waals surface area contributed by atoms with Crippen LogP contribution in [0.4, 0.5) is 19.0 Å². The van der Waals surface area contributed by atoms with Gasteiger partial charge in [-0.15, -0.1) is 15.3 Å². The highest BCUT2D eigenvalue weighted by molar-refractivity contribution is 5.45. The van der Waals surface area contributed by atoms with Gasteiger partial charge < -0.3 is 11.1 Å². The van der Waals surface area contributed by atoms with Crippen molar-refractivity contribution in [2.75, 3.05) is 11.9 Å². The maximum Gasteiger partial charge on any atom is 0.453 e. The molecule has 0 aromatic carbocycles. The quantitative estimate of drug-likeness (QED) is 0.902. The van der Waals surface area contributed by atoms with Crippen LogP contribution in [0.3, 0.4) is 0 Å². The fraction of sp³-hybridized carbons (Fsp3) is 0.583. The molecule has 0 saturated carbocycles. The van der Waals surface area contributed by atoms with Crippen LogP contribution in [0.15, 0.2) is 12.1 Å². The van der Waals surface area contributed by atoms with Gasteiger partial charge in [0.1, 0.15) is 5.82 Å². The average Bonchev–Trinajstić information content (AvgIpc) is 2.81. The van der Waals surface area contributed by atoms with E-state index in [0.29, 0.717) is 11.1 Å². The topological polar surface area (TPSA) is 81.1 Å². The molecule has 0 radical (unpaired) electrons. The van der Waals surface area contributed by atoms with Crippen molar-refractivity contribution in [3.8, 4) is 0 Å². The first kappa shape index (κ1) is 15.5. The molecule has 116 valence electrons. The molecule has 1 unspecified atom stereocenters. The second kappa shape index (κ2) is 5.14. The van der Waals surface area contributed by atoms with Crippen LogP contribution < -0.4 is 11.1 Å². The van der Waals surface area contributed by atoms with Gasteiger partial charge in [0.05, 0.1) is 5.54 Å². The van der Waals surface area contributed by atoms with Gasteiger partial charge in [0.2, 0.25) is 0 Å². The fourth-order valence-electron chi connectivity index (χ4n) is 1.76. The Bertz CT molecular complexity index is 635. The Balaban J connectivity index is 2.43. The first-order valence-corrected chi connectivity index (χ1v) is 6.45. The number of hydrogen-bond acceptors (Lipinski definition) is 5. The Kier molecular flexibility index (Phi) is 3.79. The van der Waals surface area contributed by atoms with Crippen LogP contribution in [0.5, 0.6) is 0 Å². The van der Waals surface area contributed by atoms with E-state index in [0.717, 1.165) is 0 Å². The lowest BCUT2D eigenvalue weighted by atomic mass is 9.88. The Morgan fingerprint density at radius 3 is 2.48 bits per heavy atom. The summed E-state index contributed by atoms with van der Waals surface area (Å²) >= 11 is 0. The number of fused-ring (bicyclic) bond motifs is 1. The van der Waals surface area contributed by atoms with Crippen molar-refractivity contribution >= 4 is 11.5 Å². The highest BCUT2D eigenvalue weighted by Gasteiger charge is 2.38. The molecule has 2 heterocycles. The van der Waals surface area contributed by atoms with Crippen LogP contribution in [-0.4, -0.2) is 31.9 Å². The van der Waals surface area contributed by atoms with E-state index in [2.05, 4.69) is 20.6 Å². The summed E-state index contributed by atoms with van der Waals surface area (Å²) in [7, 11) is 0. The molecule has 0 saturated heterocycles. The van der Waals surface area contributed by atoms with Crippen LogP contribution in [-0.2, 0) is 6.18 Å². The maximum absolute atomic E-state index is 12.8. The molecule has 0 bridgehead atoms. The summed E-state index contributed by atoms with van der Waals surface area (Å²) in [6.07, 6.45) is -4.61. The SMILES string of the molecule is CC(C)C(C)(CN)Nc1ccc2nnc(C(F)(F)F)n2n1. The number of halogens is 3. The third kappa shape index (κ3) is 2.92. The lowest BCUT2D eigenvalue weighted by Gasteiger charge is -2.34. The number of nitrogens with two attached hydrogens (primary N) is 1. The summed E-state index contributed by atoms with van der Waals surface area (Å²) in [6.45, 7) is 6.15. The van der Waals surface area contributed by atoms with Crippen molar-refractivity contribution < 1.29 is 13.2 Å². The van der Waals surface area contributed by atoms with Crippen LogP contribution in [0.1, 0.15) is 26.6 Å². The Morgan fingerprint density at radius 1 is 1.29 bits per heavy atom. The van der Waals surface area contributed by atoms with E-state index in [-0.39, 0.29) is 17.4 Å². The molecular formula is C12H17F3N6. The zero-order valence-electron chi connectivity index (χ0n) is 11.9. The molecule has 0 amide bonds. The van der Waals surface area contributed by atoms with Gasteiger partial charge in [0, 0.05) is 6.54 Å². The zero-order valence-corrected chi connectivity index (χ0v) is 11.9. The summed E-state index contributed by atoms with van der Waals surface area (Å²) in [5, 5.41) is 13.6. The predicted molar refractivity (Wildman–Crippen MR) is 71.7 cm³/mol. The number of anilines is 1. The number of nitrogens with zero attached hydrogens (tertiary/aromatic N) is 4. The number of hydrogen-bond donors (Lipinski definition) is 2. The normalized spacial score (nSPS) is 15.4. The predicted octanol–water partition coefficient (Wildman–Crippen LogP) is 1.93. The molecule has 6 nitrogen and oxygen atoms in total. The summed E-state index contributed by atoms with van der Waals surface area (Å²) in [6, 6.07) is 2.98. The Labute approximate surface area is 119 Å². The van der Waals surface area contributed by atoms with Gasteiger partial charge in [0.25, 0.3) is 5.82 Å². The second-order valence-electron chi connectivity index (χ2n) is 5.41. The molecule has 2 aromatic heterocycles. The molecule has 3 N–H and O–H groups in total. The molecule has 21 heavy (non-hydrogen) atoms. The van der Waals surface area contributed by atoms with Crippen molar-refractivity contribution in [1.82, 2.24) is 19.8 Å². The maximum atomic E-state index is 12.8. The summed E-state index contributed by atoms with van der Waals surface area (Å²) in [4.78, 5) is 0. The zero-order chi connectivity index (χ0) is 15.8. The third-order valence-electron chi connectivity index (χ3n) is 3.63. The summed E-state index contributed by atoms with van der Waals surface area (Å²) in [5.41, 5.74) is 5.30. The molecule has 1 atom stereocenters. The Morgan fingerprint density at radius 2 is 1.95 bits per heavy atom. The van der Waals surface area contributed by atoms with Crippen LogP contribution in [0, 0.1) is 5.92 Å². The van der Waals surface area contributed by atoms with Gasteiger partial charge in [-0.3, -0.25) is 0 Å². The number of nitrogens with one attached hydrogen (secondary N) is 1. The van der Waals surface area contributed by atoms with Gasteiger partial charge in [0.15, 0.2) is 5.65 Å². The van der Waals surface area contributed by atoms with Gasteiger partial charge in [-0.05, 0) is 25.0 Å². The molecule has 0 aliphatic carbocycles. The molecule has 2 rings (SSSR count). The highest BCUT2D eigenvalue weighted by atomic mass is 19.4. The van der Waals surface area contributed by atoms with E-state index in [1.54, 1.807) is 6.07 Å². The fourth-order valence-corrected chi connectivity index (χ4v) is 1.76. The van der Waals surface area contributed by atoms with E-state index in [1.807, 2.05) is 20.8 Å². The van der Waals surface area contributed by atoms with Crippen molar-refractivity contribution in [3.63, 3.8) is 0 Å². The number of aromatic nitrogens is 4. The second-order valence-corrected chi connectivity index (χ2v) is 5.41. The summed E-state index contributed by atoms with van der Waals surface area (Å²) < 4.78 is 39.1. The summed E-state index contributed by atoms with van der Waals surface area (Å²) in [5.74, 6) is -0.697. The monoisotopic (exact) mass is 302 g/mol. The smallest absolute Gasteiger partial charge is 0.362 e. The molecule has 0 spiro atoms. The highest BCUT2D eigenvalue weighted by Crippen LogP contribution is 2.28. The van der Waals surface area contributed by atoms with Crippen LogP contribution in [0.25, 0.3) is 5.65 Å². The molecule has 2 aromatic rings. The van der Waals surface area contributed by atoms with E-state index in [9.17, 15) is 13.2 Å². The van der Waals surface area contributed by atoms with Gasteiger partial charge in [-0.1, -0.05) is 13.8 Å². The van der Waals surface area contributed by atoms with Crippen molar-refractivity contribution in [2.24, 2.45) is 11.7 Å². The van der Waals surface area contributed by atoms with Crippen molar-refractivity contribution in [3.05, 3.63) is 18.0 Å². The average molecular weight is 302 g/mol. The van der Waals surface area contributed by atoms with Gasteiger partial charge >= 0.3 is 6.18 Å². The minimum atomic E-state index is -4.61. The molecule has 9 heteroatoms. The lowest BCUT2D eigenvalue weighted by molar-refractivity contribution is -0.146.